The minimum atomic E-state index is -0.321. The predicted octanol–water partition coefficient (Wildman–Crippen LogP) is 9.70. The molecule has 4 heteroatoms. The summed E-state index contributed by atoms with van der Waals surface area (Å²) in [4.78, 5) is 9.92. The smallest absolute Gasteiger partial charge is 0.159 e. The van der Waals surface area contributed by atoms with Crippen molar-refractivity contribution < 1.29 is 0 Å². The normalized spacial score (nSPS) is 21.4. The Balaban J connectivity index is 1.32. The lowest BCUT2D eigenvalue weighted by molar-refractivity contribution is 0.684. The first kappa shape index (κ1) is 30.5. The van der Waals surface area contributed by atoms with Crippen molar-refractivity contribution in [1.82, 2.24) is 5.32 Å². The Hall–Kier alpha value is -5.53. The maximum atomic E-state index is 10.2. The van der Waals surface area contributed by atoms with Gasteiger partial charge in [0.15, 0.2) is 5.84 Å². The average molecular weight is 599 g/mol. The molecule has 226 valence electrons. The van der Waals surface area contributed by atoms with Gasteiger partial charge in [-0.05, 0) is 76.5 Å². The summed E-state index contributed by atoms with van der Waals surface area (Å²) in [5, 5.41) is 16.2. The van der Waals surface area contributed by atoms with E-state index >= 15 is 0 Å². The van der Waals surface area contributed by atoms with Crippen LogP contribution in [0.1, 0.15) is 49.3 Å². The van der Waals surface area contributed by atoms with E-state index in [-0.39, 0.29) is 18.0 Å². The summed E-state index contributed by atoms with van der Waals surface area (Å²) in [6.07, 6.45) is 20.6. The Morgan fingerprint density at radius 2 is 1.76 bits per heavy atom. The molecule has 3 aliphatic rings. The van der Waals surface area contributed by atoms with Gasteiger partial charge in [0.25, 0.3) is 0 Å². The number of nitrogens with one attached hydrogen (secondary N) is 1. The first-order valence-electron chi connectivity index (χ1n) is 15.8. The van der Waals surface area contributed by atoms with Crippen LogP contribution in [0.5, 0.6) is 0 Å². The quantitative estimate of drug-likeness (QED) is 0.262. The minimum Gasteiger partial charge on any atom is -0.344 e. The fraction of sp³-hybridized carbons (Fsp3) is 0.167. The first-order chi connectivity index (χ1) is 22.5. The van der Waals surface area contributed by atoms with Gasteiger partial charge in [-0.2, -0.15) is 5.26 Å². The molecule has 3 atom stereocenters. The number of aliphatic imine (C=N–C) groups is 2. The molecule has 3 unspecified atom stereocenters. The van der Waals surface area contributed by atoms with Crippen molar-refractivity contribution >= 4 is 28.5 Å². The van der Waals surface area contributed by atoms with Gasteiger partial charge < -0.3 is 5.32 Å². The van der Waals surface area contributed by atoms with E-state index in [1.807, 2.05) is 42.5 Å². The van der Waals surface area contributed by atoms with Crippen molar-refractivity contribution in [2.45, 2.75) is 38.8 Å². The van der Waals surface area contributed by atoms with Gasteiger partial charge in [0.05, 0.1) is 12.0 Å². The number of allylic oxidation sites excluding steroid dienone is 10. The van der Waals surface area contributed by atoms with Crippen LogP contribution in [0.3, 0.4) is 0 Å². The molecule has 1 N–H and O–H groups in total. The fourth-order valence-corrected chi connectivity index (χ4v) is 6.30. The van der Waals surface area contributed by atoms with Crippen LogP contribution in [-0.2, 0) is 0 Å². The topological polar surface area (TPSA) is 60.5 Å². The molecule has 0 spiro atoms. The Morgan fingerprint density at radius 3 is 2.52 bits per heavy atom. The second kappa shape index (κ2) is 13.6. The largest absolute Gasteiger partial charge is 0.344 e. The lowest BCUT2D eigenvalue weighted by Gasteiger charge is -2.30. The number of rotatable bonds is 8. The predicted molar refractivity (Wildman–Crippen MR) is 194 cm³/mol. The monoisotopic (exact) mass is 598 g/mol. The molecule has 0 saturated heterocycles. The minimum absolute atomic E-state index is 0.167. The Morgan fingerprint density at radius 1 is 0.957 bits per heavy atom. The lowest BCUT2D eigenvalue weighted by atomic mass is 9.72. The fourth-order valence-electron chi connectivity index (χ4n) is 6.30. The van der Waals surface area contributed by atoms with Crippen molar-refractivity contribution in [3.63, 3.8) is 0 Å². The van der Waals surface area contributed by atoms with Crippen LogP contribution in [0.15, 0.2) is 166 Å². The number of hydrogen-bond acceptors (Lipinski definition) is 4. The molecule has 0 saturated carbocycles. The van der Waals surface area contributed by atoms with E-state index in [2.05, 4.69) is 111 Å². The van der Waals surface area contributed by atoms with E-state index in [4.69, 9.17) is 9.98 Å². The SMILES string of the molecule is C=C/C=C(\C(=C)/C(C)=C/C=C(\C)C1=NC(c2ccccc2)=NC(C2=CCCC=C2)N1)C1c2ccc3ccccc3c2C=CC1C#N. The van der Waals surface area contributed by atoms with Gasteiger partial charge in [-0.15, -0.1) is 0 Å². The molecule has 3 aromatic carbocycles. The van der Waals surface area contributed by atoms with Crippen LogP contribution in [0.4, 0.5) is 0 Å². The molecule has 1 heterocycles. The number of hydrogen-bond donors (Lipinski definition) is 1. The molecule has 3 aromatic rings. The van der Waals surface area contributed by atoms with Gasteiger partial charge in [-0.3, -0.25) is 0 Å². The molecule has 6 rings (SSSR count). The maximum Gasteiger partial charge on any atom is 0.159 e. The van der Waals surface area contributed by atoms with Gasteiger partial charge in [0, 0.05) is 11.5 Å². The third kappa shape index (κ3) is 6.18. The number of benzene rings is 3. The van der Waals surface area contributed by atoms with Gasteiger partial charge in [0.1, 0.15) is 12.0 Å². The van der Waals surface area contributed by atoms with Crippen molar-refractivity contribution in [2.75, 3.05) is 0 Å². The van der Waals surface area contributed by atoms with Crippen LogP contribution in [0.2, 0.25) is 0 Å². The molecular formula is C42H38N4. The van der Waals surface area contributed by atoms with Crippen LogP contribution < -0.4 is 5.32 Å². The number of amidine groups is 2. The highest BCUT2D eigenvalue weighted by molar-refractivity contribution is 6.13. The third-order valence-corrected chi connectivity index (χ3v) is 8.85. The van der Waals surface area contributed by atoms with Crippen molar-refractivity contribution in [1.29, 1.82) is 5.26 Å². The second-order valence-electron chi connectivity index (χ2n) is 11.8. The van der Waals surface area contributed by atoms with E-state index in [0.29, 0.717) is 5.84 Å². The van der Waals surface area contributed by atoms with E-state index in [1.165, 1.54) is 10.8 Å². The summed E-state index contributed by atoms with van der Waals surface area (Å²) in [7, 11) is 0. The number of nitrogens with zero attached hydrogens (tertiary/aromatic N) is 3. The number of nitriles is 1. The van der Waals surface area contributed by atoms with Gasteiger partial charge in [-0.25, -0.2) is 9.98 Å². The maximum absolute atomic E-state index is 10.2. The van der Waals surface area contributed by atoms with E-state index in [1.54, 1.807) is 6.08 Å². The van der Waals surface area contributed by atoms with Crippen molar-refractivity contribution in [3.8, 4) is 6.07 Å². The molecule has 0 aromatic heterocycles. The highest BCUT2D eigenvalue weighted by atomic mass is 15.2. The van der Waals surface area contributed by atoms with Crippen LogP contribution in [0, 0.1) is 17.2 Å². The summed E-state index contributed by atoms with van der Waals surface area (Å²) in [5.41, 5.74) is 8.29. The second-order valence-corrected chi connectivity index (χ2v) is 11.8. The van der Waals surface area contributed by atoms with Crippen LogP contribution >= 0.6 is 0 Å². The molecule has 2 aliphatic carbocycles. The summed E-state index contributed by atoms with van der Waals surface area (Å²) >= 11 is 0. The standard InChI is InChI=1S/C42H38N4/c1-5-14-35(39-34(27-43)24-25-37-36-20-13-12-15-31(36)23-26-38(37)39)30(4)28(2)21-22-29(3)40-44-41(32-16-8-6-9-17-32)46-42(45-40)33-18-10-7-11-19-33/h5-6,8-10,12-26,34,39,42H,1,4,7,11H2,2-3H3,(H,44,45,46)/b28-21+,29-22+,35-14+. The Kier molecular flexibility index (Phi) is 9.03. The summed E-state index contributed by atoms with van der Waals surface area (Å²) in [5.74, 6) is 1.02. The highest BCUT2D eigenvalue weighted by Crippen LogP contribution is 2.44. The van der Waals surface area contributed by atoms with E-state index in [9.17, 15) is 5.26 Å². The van der Waals surface area contributed by atoms with Crippen molar-refractivity contribution in [3.05, 3.63) is 173 Å². The van der Waals surface area contributed by atoms with Gasteiger partial charge in [0.2, 0.25) is 0 Å². The Labute approximate surface area is 272 Å². The summed E-state index contributed by atoms with van der Waals surface area (Å²) < 4.78 is 0. The zero-order valence-corrected chi connectivity index (χ0v) is 26.4. The Bertz CT molecular complexity index is 1990. The third-order valence-electron chi connectivity index (χ3n) is 8.85. The van der Waals surface area contributed by atoms with Gasteiger partial charge >= 0.3 is 0 Å². The highest BCUT2D eigenvalue weighted by Gasteiger charge is 2.31. The first-order valence-corrected chi connectivity index (χ1v) is 15.8. The number of fused-ring (bicyclic) bond motifs is 3. The van der Waals surface area contributed by atoms with E-state index in [0.717, 1.165) is 63.2 Å². The molecule has 1 aliphatic heterocycles. The lowest BCUT2D eigenvalue weighted by Crippen LogP contribution is -2.40. The molecule has 0 amide bonds. The molecular weight excluding hydrogens is 560 g/mol. The molecule has 0 radical (unpaired) electrons. The van der Waals surface area contributed by atoms with Crippen molar-refractivity contribution in [2.24, 2.45) is 15.9 Å². The zero-order chi connectivity index (χ0) is 32.0. The summed E-state index contributed by atoms with van der Waals surface area (Å²) in [6.45, 7) is 12.7. The molecule has 0 bridgehead atoms. The van der Waals surface area contributed by atoms with Gasteiger partial charge in [-0.1, -0.05) is 135 Å². The molecule has 4 nitrogen and oxygen atoms in total. The van der Waals surface area contributed by atoms with E-state index < -0.39 is 0 Å². The summed E-state index contributed by atoms with van der Waals surface area (Å²) in [6, 6.07) is 25.4. The molecule has 46 heavy (non-hydrogen) atoms. The zero-order valence-electron chi connectivity index (χ0n) is 26.4. The average Bonchev–Trinajstić information content (AvgIpc) is 3.12. The van der Waals surface area contributed by atoms with Crippen LogP contribution in [-0.4, -0.2) is 17.8 Å². The molecule has 0 fully saturated rings. The van der Waals surface area contributed by atoms with Crippen LogP contribution in [0.25, 0.3) is 16.8 Å².